The highest BCUT2D eigenvalue weighted by Crippen LogP contribution is 2.50. The molecule has 0 radical (unpaired) electrons. The van der Waals surface area contributed by atoms with Crippen LogP contribution >= 0.6 is 0 Å². The van der Waals surface area contributed by atoms with Crippen molar-refractivity contribution < 1.29 is 14.9 Å². The van der Waals surface area contributed by atoms with E-state index in [0.29, 0.717) is 12.8 Å². The minimum Gasteiger partial charge on any atom is -0.489 e. The molecule has 2 N–H and O–H groups in total. The minimum absolute atomic E-state index is 0.0113. The van der Waals surface area contributed by atoms with E-state index < -0.39 is 12.2 Å². The van der Waals surface area contributed by atoms with Crippen LogP contribution in [0.4, 0.5) is 0 Å². The molecule has 122 valence electrons. The molecule has 1 aliphatic heterocycles. The molecule has 0 amide bonds. The van der Waals surface area contributed by atoms with E-state index in [1.165, 1.54) is 5.56 Å². The number of para-hydroxylation sites is 1. The lowest BCUT2D eigenvalue weighted by molar-refractivity contribution is 0.134. The van der Waals surface area contributed by atoms with Gasteiger partial charge in [0.05, 0.1) is 12.2 Å². The SMILES string of the molecule is CC#CCC(C)[C@H](O)/C=C/[C@H]1[C@H](O)CC2Oc3ccccc3[C@@H]21. The van der Waals surface area contributed by atoms with Crippen molar-refractivity contribution in [2.75, 3.05) is 0 Å². The van der Waals surface area contributed by atoms with Gasteiger partial charge in [-0.15, -0.1) is 11.8 Å². The highest BCUT2D eigenvalue weighted by Gasteiger charge is 2.48. The monoisotopic (exact) mass is 312 g/mol. The molecule has 1 aromatic carbocycles. The molecule has 1 heterocycles. The fourth-order valence-corrected chi connectivity index (χ4v) is 3.65. The van der Waals surface area contributed by atoms with Crippen molar-refractivity contribution in [3.8, 4) is 17.6 Å². The molecule has 1 aliphatic carbocycles. The van der Waals surface area contributed by atoms with Crippen LogP contribution in [0.1, 0.15) is 38.2 Å². The van der Waals surface area contributed by atoms with Gasteiger partial charge >= 0.3 is 0 Å². The van der Waals surface area contributed by atoms with Gasteiger partial charge in [0.15, 0.2) is 0 Å². The summed E-state index contributed by atoms with van der Waals surface area (Å²) in [6.07, 6.45) is 4.18. The Morgan fingerprint density at radius 1 is 1.39 bits per heavy atom. The number of hydrogen-bond acceptors (Lipinski definition) is 3. The molecule has 6 atom stereocenters. The second kappa shape index (κ2) is 6.78. The van der Waals surface area contributed by atoms with Gasteiger partial charge < -0.3 is 14.9 Å². The lowest BCUT2D eigenvalue weighted by Crippen LogP contribution is -2.19. The van der Waals surface area contributed by atoms with Crippen LogP contribution in [-0.2, 0) is 0 Å². The van der Waals surface area contributed by atoms with E-state index in [1.54, 1.807) is 0 Å². The molecular formula is C20H24O3. The van der Waals surface area contributed by atoms with Crippen LogP contribution in [0.15, 0.2) is 36.4 Å². The van der Waals surface area contributed by atoms with Crippen molar-refractivity contribution in [2.45, 2.75) is 50.9 Å². The largest absolute Gasteiger partial charge is 0.489 e. The van der Waals surface area contributed by atoms with Crippen LogP contribution in [0.5, 0.6) is 5.75 Å². The third-order valence-electron chi connectivity index (χ3n) is 5.00. The predicted molar refractivity (Wildman–Crippen MR) is 90.1 cm³/mol. The Morgan fingerprint density at radius 2 is 2.17 bits per heavy atom. The maximum absolute atomic E-state index is 10.4. The van der Waals surface area contributed by atoms with Gasteiger partial charge in [0.2, 0.25) is 0 Å². The van der Waals surface area contributed by atoms with Gasteiger partial charge in [-0.1, -0.05) is 37.3 Å². The number of ether oxygens (including phenoxy) is 1. The van der Waals surface area contributed by atoms with Crippen LogP contribution in [0.2, 0.25) is 0 Å². The van der Waals surface area contributed by atoms with Gasteiger partial charge in [-0.25, -0.2) is 0 Å². The zero-order valence-corrected chi connectivity index (χ0v) is 13.6. The Labute approximate surface area is 138 Å². The predicted octanol–water partition coefficient (Wildman–Crippen LogP) is 2.88. The second-order valence-electron chi connectivity index (χ2n) is 6.58. The summed E-state index contributed by atoms with van der Waals surface area (Å²) in [5, 5.41) is 20.6. The van der Waals surface area contributed by atoms with Crippen LogP contribution in [0.25, 0.3) is 0 Å². The van der Waals surface area contributed by atoms with Crippen molar-refractivity contribution in [1.29, 1.82) is 0 Å². The van der Waals surface area contributed by atoms with Gasteiger partial charge in [0.25, 0.3) is 0 Å². The molecule has 1 fully saturated rings. The third-order valence-corrected chi connectivity index (χ3v) is 5.00. The molecule has 2 aliphatic rings. The number of rotatable bonds is 4. The Balaban J connectivity index is 1.74. The Hall–Kier alpha value is -1.76. The molecule has 0 bridgehead atoms. The zero-order valence-electron chi connectivity index (χ0n) is 13.6. The van der Waals surface area contributed by atoms with Crippen molar-refractivity contribution in [3.05, 3.63) is 42.0 Å². The average molecular weight is 312 g/mol. The fraction of sp³-hybridized carbons (Fsp3) is 0.500. The van der Waals surface area contributed by atoms with E-state index in [1.807, 2.05) is 44.2 Å². The number of fused-ring (bicyclic) bond motifs is 3. The van der Waals surface area contributed by atoms with Crippen molar-refractivity contribution in [1.82, 2.24) is 0 Å². The van der Waals surface area contributed by atoms with Crippen molar-refractivity contribution in [2.24, 2.45) is 11.8 Å². The molecule has 0 spiro atoms. The minimum atomic E-state index is -0.542. The first-order valence-electron chi connectivity index (χ1n) is 8.31. The van der Waals surface area contributed by atoms with E-state index in [0.717, 1.165) is 5.75 Å². The molecule has 0 saturated heterocycles. The summed E-state index contributed by atoms with van der Waals surface area (Å²) in [6, 6.07) is 8.05. The molecule has 3 rings (SSSR count). The van der Waals surface area contributed by atoms with Gasteiger partial charge in [-0.05, 0) is 18.9 Å². The standard InChI is InChI=1S/C20H24O3/c1-3-4-7-13(2)16(21)11-10-14-17(22)12-19-20(14)15-8-5-6-9-18(15)23-19/h5-6,8-11,13-14,16-17,19-22H,7,12H2,1-2H3/b11-10+/t13?,14-,16+,17+,19?,20-/m0/s1. The van der Waals surface area contributed by atoms with E-state index >= 15 is 0 Å². The first-order chi connectivity index (χ1) is 11.1. The maximum atomic E-state index is 10.4. The highest BCUT2D eigenvalue weighted by molar-refractivity contribution is 5.43. The fourth-order valence-electron chi connectivity index (χ4n) is 3.65. The zero-order chi connectivity index (χ0) is 16.4. The topological polar surface area (TPSA) is 49.7 Å². The summed E-state index contributed by atoms with van der Waals surface area (Å²) < 4.78 is 5.96. The van der Waals surface area contributed by atoms with Gasteiger partial charge in [-0.2, -0.15) is 0 Å². The summed E-state index contributed by atoms with van der Waals surface area (Å²) in [7, 11) is 0. The summed E-state index contributed by atoms with van der Waals surface area (Å²) in [5.41, 5.74) is 1.17. The normalized spacial score (nSPS) is 31.0. The van der Waals surface area contributed by atoms with E-state index in [9.17, 15) is 10.2 Å². The Kier molecular flexibility index (Phi) is 4.75. The summed E-state index contributed by atoms with van der Waals surface area (Å²) in [6.45, 7) is 3.79. The van der Waals surface area contributed by atoms with Crippen LogP contribution in [-0.4, -0.2) is 28.5 Å². The van der Waals surface area contributed by atoms with E-state index in [4.69, 9.17) is 4.74 Å². The van der Waals surface area contributed by atoms with Crippen molar-refractivity contribution >= 4 is 0 Å². The average Bonchev–Trinajstić information content (AvgIpc) is 3.05. The molecule has 1 aromatic rings. The van der Waals surface area contributed by atoms with E-state index in [2.05, 4.69) is 17.9 Å². The van der Waals surface area contributed by atoms with E-state index in [-0.39, 0.29) is 23.9 Å². The van der Waals surface area contributed by atoms with Crippen LogP contribution in [0.3, 0.4) is 0 Å². The number of aliphatic hydroxyl groups is 2. The highest BCUT2D eigenvalue weighted by atomic mass is 16.5. The lowest BCUT2D eigenvalue weighted by Gasteiger charge is -2.18. The molecule has 3 heteroatoms. The maximum Gasteiger partial charge on any atom is 0.123 e. The third kappa shape index (κ3) is 3.15. The molecule has 23 heavy (non-hydrogen) atoms. The van der Waals surface area contributed by atoms with Gasteiger partial charge in [-0.3, -0.25) is 0 Å². The number of aliphatic hydroxyl groups excluding tert-OH is 2. The molecular weight excluding hydrogens is 288 g/mol. The first-order valence-corrected chi connectivity index (χ1v) is 8.31. The quantitative estimate of drug-likeness (QED) is 0.664. The van der Waals surface area contributed by atoms with Crippen LogP contribution in [0, 0.1) is 23.7 Å². The summed E-state index contributed by atoms with van der Waals surface area (Å²) in [5.74, 6) is 7.04. The summed E-state index contributed by atoms with van der Waals surface area (Å²) in [4.78, 5) is 0. The molecule has 1 saturated carbocycles. The van der Waals surface area contributed by atoms with Gasteiger partial charge in [0.1, 0.15) is 11.9 Å². The Morgan fingerprint density at radius 3 is 2.96 bits per heavy atom. The first kappa shape index (κ1) is 16.1. The van der Waals surface area contributed by atoms with Crippen LogP contribution < -0.4 is 4.74 Å². The second-order valence-corrected chi connectivity index (χ2v) is 6.58. The number of hydrogen-bond donors (Lipinski definition) is 2. The molecule has 0 aromatic heterocycles. The summed E-state index contributed by atoms with van der Waals surface area (Å²) >= 11 is 0. The molecule has 3 nitrogen and oxygen atoms in total. The van der Waals surface area contributed by atoms with Gasteiger partial charge in [0, 0.05) is 30.2 Å². The smallest absolute Gasteiger partial charge is 0.123 e. The molecule has 2 unspecified atom stereocenters. The number of benzene rings is 1. The Bertz CT molecular complexity index is 640. The lowest BCUT2D eigenvalue weighted by atomic mass is 9.87. The van der Waals surface area contributed by atoms with Crippen molar-refractivity contribution in [3.63, 3.8) is 0 Å².